The van der Waals surface area contributed by atoms with Crippen LogP contribution in [0.15, 0.2) is 90.2 Å². The predicted molar refractivity (Wildman–Crippen MR) is 137 cm³/mol. The van der Waals surface area contributed by atoms with Gasteiger partial charge in [-0.3, -0.25) is 4.98 Å². The van der Waals surface area contributed by atoms with E-state index in [9.17, 15) is 9.59 Å². The number of aliphatic imine (C=N–C) groups is 1. The van der Waals surface area contributed by atoms with E-state index in [0.717, 1.165) is 47.7 Å². The lowest BCUT2D eigenvalue weighted by atomic mass is 10.00. The Kier molecular flexibility index (Phi) is 8.86. The van der Waals surface area contributed by atoms with Crippen LogP contribution in [0, 0.1) is 0 Å². The highest BCUT2D eigenvalue weighted by atomic mass is 16.4. The number of benzene rings is 2. The number of fused-ring (bicyclic) bond motifs is 2. The number of para-hydroxylation sites is 1. The van der Waals surface area contributed by atoms with Gasteiger partial charge in [0.05, 0.1) is 23.3 Å². The first kappa shape index (κ1) is 25.3. The zero-order valence-electron chi connectivity index (χ0n) is 19.7. The van der Waals surface area contributed by atoms with E-state index in [0.29, 0.717) is 12.2 Å². The van der Waals surface area contributed by atoms with Crippen molar-refractivity contribution in [3.8, 4) is 0 Å². The maximum Gasteiger partial charge on any atom is 0.328 e. The highest BCUT2D eigenvalue weighted by Crippen LogP contribution is 2.39. The quantitative estimate of drug-likeness (QED) is 0.492. The van der Waals surface area contributed by atoms with Gasteiger partial charge in [-0.15, -0.1) is 0 Å². The summed E-state index contributed by atoms with van der Waals surface area (Å²) >= 11 is 0. The lowest BCUT2D eigenvalue weighted by Gasteiger charge is -2.27. The van der Waals surface area contributed by atoms with Gasteiger partial charge >= 0.3 is 11.9 Å². The molecule has 1 aliphatic rings. The normalized spacial score (nSPS) is 12.2. The number of rotatable bonds is 7. The van der Waals surface area contributed by atoms with Gasteiger partial charge in [0.25, 0.3) is 0 Å². The molecule has 0 saturated carbocycles. The summed E-state index contributed by atoms with van der Waals surface area (Å²) in [6.45, 7) is 1.98. The number of nitrogens with zero attached hydrogens (tertiary/aromatic N) is 4. The second-order valence-corrected chi connectivity index (χ2v) is 8.03. The van der Waals surface area contributed by atoms with Crippen molar-refractivity contribution in [2.75, 3.05) is 32.1 Å². The second-order valence-electron chi connectivity index (χ2n) is 8.03. The molecule has 35 heavy (non-hydrogen) atoms. The van der Waals surface area contributed by atoms with Gasteiger partial charge in [0, 0.05) is 36.0 Å². The minimum atomic E-state index is -1.26. The number of carboxylic acid groups (broad SMARTS) is 2. The third-order valence-electron chi connectivity index (χ3n) is 5.15. The van der Waals surface area contributed by atoms with Crippen molar-refractivity contribution >= 4 is 34.7 Å². The highest BCUT2D eigenvalue weighted by molar-refractivity contribution is 6.18. The molecule has 4 rings (SSSR count). The summed E-state index contributed by atoms with van der Waals surface area (Å²) in [5.41, 5.74) is 6.50. The molecule has 2 aromatic carbocycles. The Balaban J connectivity index is 0.000000371. The van der Waals surface area contributed by atoms with Crippen LogP contribution in [0.5, 0.6) is 0 Å². The number of pyridine rings is 1. The van der Waals surface area contributed by atoms with Crippen LogP contribution in [0.3, 0.4) is 0 Å². The molecule has 0 amide bonds. The molecule has 0 unspecified atom stereocenters. The lowest BCUT2D eigenvalue weighted by Crippen LogP contribution is -2.24. The van der Waals surface area contributed by atoms with Crippen molar-refractivity contribution in [3.63, 3.8) is 0 Å². The number of aromatic nitrogens is 1. The van der Waals surface area contributed by atoms with Crippen molar-refractivity contribution in [3.05, 3.63) is 96.3 Å². The van der Waals surface area contributed by atoms with Gasteiger partial charge in [0.2, 0.25) is 0 Å². The van der Waals surface area contributed by atoms with Gasteiger partial charge in [-0.1, -0.05) is 48.5 Å². The number of anilines is 2. The average molecular weight is 473 g/mol. The average Bonchev–Trinajstić information content (AvgIpc) is 2.99. The summed E-state index contributed by atoms with van der Waals surface area (Å²) in [4.78, 5) is 33.1. The molecular weight excluding hydrogens is 444 g/mol. The maximum absolute atomic E-state index is 9.55. The molecule has 8 heteroatoms. The number of carboxylic acids is 2. The van der Waals surface area contributed by atoms with E-state index in [-0.39, 0.29) is 0 Å². The van der Waals surface area contributed by atoms with Crippen LogP contribution in [-0.4, -0.2) is 64.9 Å². The summed E-state index contributed by atoms with van der Waals surface area (Å²) in [6.07, 6.45) is 5.90. The van der Waals surface area contributed by atoms with E-state index in [1.807, 2.05) is 18.5 Å². The van der Waals surface area contributed by atoms with Crippen molar-refractivity contribution in [2.24, 2.45) is 4.99 Å². The summed E-state index contributed by atoms with van der Waals surface area (Å²) in [5.74, 6) is -2.51. The molecule has 2 N–H and O–H groups in total. The van der Waals surface area contributed by atoms with Crippen molar-refractivity contribution < 1.29 is 19.8 Å². The molecular formula is C27H28N4O4. The smallest absolute Gasteiger partial charge is 0.328 e. The van der Waals surface area contributed by atoms with E-state index in [1.54, 1.807) is 0 Å². The van der Waals surface area contributed by atoms with E-state index in [1.165, 1.54) is 5.69 Å². The predicted octanol–water partition coefficient (Wildman–Crippen LogP) is 4.37. The van der Waals surface area contributed by atoms with Gasteiger partial charge in [0.1, 0.15) is 5.69 Å². The van der Waals surface area contributed by atoms with Crippen LogP contribution in [0.1, 0.15) is 17.5 Å². The van der Waals surface area contributed by atoms with Crippen molar-refractivity contribution in [1.82, 2.24) is 9.88 Å². The van der Waals surface area contributed by atoms with Crippen LogP contribution < -0.4 is 4.90 Å². The Morgan fingerprint density at radius 2 is 1.57 bits per heavy atom. The molecule has 0 bridgehead atoms. The third kappa shape index (κ3) is 7.09. The zero-order chi connectivity index (χ0) is 25.2. The maximum atomic E-state index is 9.55. The summed E-state index contributed by atoms with van der Waals surface area (Å²) in [5, 5.41) is 15.6. The number of hydrogen-bond acceptors (Lipinski definition) is 6. The minimum absolute atomic E-state index is 0.558. The van der Waals surface area contributed by atoms with Crippen molar-refractivity contribution in [2.45, 2.75) is 6.42 Å². The molecule has 2 heterocycles. The minimum Gasteiger partial charge on any atom is -0.478 e. The van der Waals surface area contributed by atoms with Crippen LogP contribution in [0.4, 0.5) is 17.1 Å². The van der Waals surface area contributed by atoms with Crippen molar-refractivity contribution in [1.29, 1.82) is 0 Å². The first-order valence-corrected chi connectivity index (χ1v) is 11.1. The topological polar surface area (TPSA) is 106 Å². The summed E-state index contributed by atoms with van der Waals surface area (Å²) in [7, 11) is 4.23. The van der Waals surface area contributed by atoms with Gasteiger partial charge in [-0.2, -0.15) is 0 Å². The second kappa shape index (κ2) is 12.2. The monoisotopic (exact) mass is 472 g/mol. The van der Waals surface area contributed by atoms with Gasteiger partial charge in [0.15, 0.2) is 0 Å². The molecule has 1 aliphatic heterocycles. The lowest BCUT2D eigenvalue weighted by molar-refractivity contribution is -0.134. The highest BCUT2D eigenvalue weighted by Gasteiger charge is 2.23. The molecule has 0 aliphatic carbocycles. The fourth-order valence-electron chi connectivity index (χ4n) is 3.66. The fourth-order valence-corrected chi connectivity index (χ4v) is 3.66. The van der Waals surface area contributed by atoms with Gasteiger partial charge < -0.3 is 20.0 Å². The van der Waals surface area contributed by atoms with Crippen LogP contribution in [-0.2, 0) is 9.59 Å². The molecule has 0 atom stereocenters. The molecule has 0 fully saturated rings. The SMILES string of the molecule is CN(C)CCCN1c2ccncc2N=C(c2ccccc2)c2ccccc21.O=C(O)C=CC(=O)O. The Hall–Kier alpha value is -4.30. The molecule has 1 aromatic heterocycles. The standard InChI is InChI=1S/C23H24N4.C4H4O4/c1-26(2)15-8-16-27-21-12-7-6-11-19(21)23(18-9-4-3-5-10-18)25-20-17-24-14-13-22(20)27;5-3(6)1-2-4(7)8/h3-7,9-14,17H,8,15-16H2,1-2H3;1-2H,(H,5,6)(H,7,8). The number of aliphatic carboxylic acids is 2. The van der Waals surface area contributed by atoms with E-state index >= 15 is 0 Å². The Labute approximate surface area is 204 Å². The van der Waals surface area contributed by atoms with Crippen LogP contribution >= 0.6 is 0 Å². The van der Waals surface area contributed by atoms with E-state index < -0.39 is 11.9 Å². The molecule has 0 saturated heterocycles. The summed E-state index contributed by atoms with van der Waals surface area (Å²) < 4.78 is 0. The fraction of sp³-hybridized carbons (Fsp3) is 0.185. The third-order valence-corrected chi connectivity index (χ3v) is 5.15. The van der Waals surface area contributed by atoms with Gasteiger partial charge in [-0.05, 0) is 39.2 Å². The van der Waals surface area contributed by atoms with Crippen LogP contribution in [0.25, 0.3) is 0 Å². The Bertz CT molecular complexity index is 1210. The van der Waals surface area contributed by atoms with Crippen LogP contribution in [0.2, 0.25) is 0 Å². The van der Waals surface area contributed by atoms with E-state index in [4.69, 9.17) is 15.2 Å². The molecule has 180 valence electrons. The van der Waals surface area contributed by atoms with Gasteiger partial charge in [-0.25, -0.2) is 14.6 Å². The largest absolute Gasteiger partial charge is 0.478 e. The number of carbonyl (C=O) groups is 2. The Morgan fingerprint density at radius 1 is 0.914 bits per heavy atom. The number of hydrogen-bond donors (Lipinski definition) is 2. The zero-order valence-corrected chi connectivity index (χ0v) is 19.7. The summed E-state index contributed by atoms with van der Waals surface area (Å²) in [6, 6.07) is 21.0. The molecule has 0 radical (unpaired) electrons. The Morgan fingerprint density at radius 3 is 2.23 bits per heavy atom. The molecule has 8 nitrogen and oxygen atoms in total. The van der Waals surface area contributed by atoms with E-state index in [2.05, 4.69) is 83.5 Å². The molecule has 3 aromatic rings. The first-order chi connectivity index (χ1) is 16.9. The first-order valence-electron chi connectivity index (χ1n) is 11.1. The molecule has 0 spiro atoms.